The third-order valence-corrected chi connectivity index (χ3v) is 4.85. The lowest BCUT2D eigenvalue weighted by molar-refractivity contribution is -0.119. The molecule has 3 aromatic rings. The number of ether oxygens (including phenoxy) is 1. The number of hydrogen-bond acceptors (Lipinski definition) is 5. The minimum atomic E-state index is -0.268. The Hall–Kier alpha value is -2.80. The minimum Gasteiger partial charge on any atom is -0.494 e. The first kappa shape index (κ1) is 20.9. The van der Waals surface area contributed by atoms with Crippen molar-refractivity contribution in [1.29, 1.82) is 0 Å². The van der Waals surface area contributed by atoms with Crippen molar-refractivity contribution < 1.29 is 9.53 Å². The highest BCUT2D eigenvalue weighted by molar-refractivity contribution is 7.99. The third kappa shape index (κ3) is 5.60. The smallest absolute Gasteiger partial charge is 0.230 e. The normalized spacial score (nSPS) is 11.3. The summed E-state index contributed by atoms with van der Waals surface area (Å²) in [5.74, 6) is 1.77. The van der Waals surface area contributed by atoms with Gasteiger partial charge < -0.3 is 10.1 Å². The molecule has 0 radical (unpaired) electrons. The first-order chi connectivity index (χ1) is 13.9. The molecule has 6 nitrogen and oxygen atoms in total. The van der Waals surface area contributed by atoms with Crippen molar-refractivity contribution in [1.82, 2.24) is 20.1 Å². The summed E-state index contributed by atoms with van der Waals surface area (Å²) in [5, 5.41) is 12.4. The van der Waals surface area contributed by atoms with E-state index in [0.29, 0.717) is 11.8 Å². The van der Waals surface area contributed by atoms with E-state index in [9.17, 15) is 4.79 Å². The first-order valence-electron chi connectivity index (χ1n) is 9.55. The Bertz CT molecular complexity index is 947. The van der Waals surface area contributed by atoms with Crippen LogP contribution < -0.4 is 10.1 Å². The zero-order valence-electron chi connectivity index (χ0n) is 17.2. The summed E-state index contributed by atoms with van der Waals surface area (Å²) in [6, 6.07) is 17.7. The average molecular weight is 411 g/mol. The molecule has 1 N–H and O–H groups in total. The molecular formula is C22H26N4O2S. The van der Waals surface area contributed by atoms with Crippen LogP contribution in [-0.4, -0.2) is 38.6 Å². The Labute approximate surface area is 175 Å². The Morgan fingerprint density at radius 2 is 1.76 bits per heavy atom. The maximum atomic E-state index is 12.3. The van der Waals surface area contributed by atoms with Crippen LogP contribution in [0.3, 0.4) is 0 Å². The highest BCUT2D eigenvalue weighted by Crippen LogP contribution is 2.28. The van der Waals surface area contributed by atoms with Crippen LogP contribution in [0.2, 0.25) is 0 Å². The fourth-order valence-corrected chi connectivity index (χ4v) is 3.56. The summed E-state index contributed by atoms with van der Waals surface area (Å²) >= 11 is 1.37. The van der Waals surface area contributed by atoms with Gasteiger partial charge in [0.1, 0.15) is 5.75 Å². The van der Waals surface area contributed by atoms with E-state index in [0.717, 1.165) is 22.8 Å². The first-order valence-corrected chi connectivity index (χ1v) is 10.5. The summed E-state index contributed by atoms with van der Waals surface area (Å²) in [7, 11) is 0. The maximum absolute atomic E-state index is 12.3. The number of rotatable bonds is 7. The second kappa shape index (κ2) is 9.13. The Morgan fingerprint density at radius 1 is 1.07 bits per heavy atom. The van der Waals surface area contributed by atoms with E-state index >= 15 is 0 Å². The van der Waals surface area contributed by atoms with Crippen molar-refractivity contribution in [2.45, 2.75) is 38.4 Å². The molecule has 0 atom stereocenters. The van der Waals surface area contributed by atoms with E-state index in [2.05, 4.69) is 15.5 Å². The number of aromatic nitrogens is 3. The van der Waals surface area contributed by atoms with Gasteiger partial charge in [-0.25, -0.2) is 0 Å². The average Bonchev–Trinajstić information content (AvgIpc) is 3.10. The lowest BCUT2D eigenvalue weighted by atomic mass is 10.1. The summed E-state index contributed by atoms with van der Waals surface area (Å²) in [6.07, 6.45) is 0. The number of hydrogen-bond donors (Lipinski definition) is 1. The number of benzene rings is 2. The van der Waals surface area contributed by atoms with E-state index in [-0.39, 0.29) is 17.2 Å². The van der Waals surface area contributed by atoms with Gasteiger partial charge in [0.15, 0.2) is 11.0 Å². The zero-order valence-corrected chi connectivity index (χ0v) is 18.0. The van der Waals surface area contributed by atoms with Crippen LogP contribution in [0.1, 0.15) is 27.7 Å². The van der Waals surface area contributed by atoms with Crippen molar-refractivity contribution in [3.05, 3.63) is 54.6 Å². The van der Waals surface area contributed by atoms with E-state index in [1.54, 1.807) is 0 Å². The standard InChI is InChI=1S/C22H26N4O2S/c1-5-28-18-13-11-17(12-14-18)26-20(16-9-7-6-8-10-16)24-25-21(26)29-15-19(27)23-22(2,3)4/h6-14H,5,15H2,1-4H3,(H,23,27). The number of nitrogens with one attached hydrogen (secondary N) is 1. The van der Waals surface area contributed by atoms with Crippen molar-refractivity contribution in [3.8, 4) is 22.8 Å². The number of thioether (sulfide) groups is 1. The molecule has 3 rings (SSSR count). The molecule has 0 unspecified atom stereocenters. The molecule has 0 spiro atoms. The molecule has 29 heavy (non-hydrogen) atoms. The van der Waals surface area contributed by atoms with Gasteiger partial charge in [-0.05, 0) is 52.0 Å². The van der Waals surface area contributed by atoms with Crippen LogP contribution in [0.4, 0.5) is 0 Å². The van der Waals surface area contributed by atoms with Gasteiger partial charge in [-0.1, -0.05) is 42.1 Å². The van der Waals surface area contributed by atoms with Gasteiger partial charge in [0.25, 0.3) is 0 Å². The summed E-state index contributed by atoms with van der Waals surface area (Å²) < 4.78 is 7.52. The minimum absolute atomic E-state index is 0.0370. The van der Waals surface area contributed by atoms with Gasteiger partial charge in [0, 0.05) is 16.8 Å². The number of carbonyl (C=O) groups excluding carboxylic acids is 1. The molecule has 7 heteroatoms. The topological polar surface area (TPSA) is 69.0 Å². The van der Waals surface area contributed by atoms with E-state index < -0.39 is 0 Å². The number of nitrogens with zero attached hydrogens (tertiary/aromatic N) is 3. The molecule has 1 aromatic heterocycles. The third-order valence-electron chi connectivity index (χ3n) is 3.92. The van der Waals surface area contributed by atoms with E-state index in [1.807, 2.05) is 86.9 Å². The molecule has 0 saturated heterocycles. The van der Waals surface area contributed by atoms with Crippen LogP contribution in [0.5, 0.6) is 5.75 Å². The lowest BCUT2D eigenvalue weighted by Gasteiger charge is -2.20. The molecule has 0 fully saturated rings. The summed E-state index contributed by atoms with van der Waals surface area (Å²) in [6.45, 7) is 8.46. The predicted molar refractivity (Wildman–Crippen MR) is 117 cm³/mol. The highest BCUT2D eigenvalue weighted by Gasteiger charge is 2.19. The molecule has 0 saturated carbocycles. The van der Waals surface area contributed by atoms with Crippen LogP contribution >= 0.6 is 11.8 Å². The van der Waals surface area contributed by atoms with Crippen molar-refractivity contribution in [2.75, 3.05) is 12.4 Å². The number of amides is 1. The van der Waals surface area contributed by atoms with Gasteiger partial charge in [0.2, 0.25) is 5.91 Å². The Balaban J connectivity index is 1.92. The Kier molecular flexibility index (Phi) is 6.59. The van der Waals surface area contributed by atoms with Gasteiger partial charge >= 0.3 is 0 Å². The van der Waals surface area contributed by atoms with Crippen molar-refractivity contribution >= 4 is 17.7 Å². The maximum Gasteiger partial charge on any atom is 0.230 e. The highest BCUT2D eigenvalue weighted by atomic mass is 32.2. The predicted octanol–water partition coefficient (Wildman–Crippen LogP) is 4.34. The fourth-order valence-electron chi connectivity index (χ4n) is 2.81. The molecule has 1 amide bonds. The fraction of sp³-hybridized carbons (Fsp3) is 0.318. The second-order valence-corrected chi connectivity index (χ2v) is 8.46. The SMILES string of the molecule is CCOc1ccc(-n2c(SCC(=O)NC(C)(C)C)nnc2-c2ccccc2)cc1. The summed E-state index contributed by atoms with van der Waals surface area (Å²) in [5.41, 5.74) is 1.60. The van der Waals surface area contributed by atoms with E-state index in [4.69, 9.17) is 4.74 Å². The molecule has 0 aliphatic carbocycles. The quantitative estimate of drug-likeness (QED) is 0.587. The second-order valence-electron chi connectivity index (χ2n) is 7.52. The largest absolute Gasteiger partial charge is 0.494 e. The van der Waals surface area contributed by atoms with Gasteiger partial charge in [0.05, 0.1) is 12.4 Å². The molecule has 152 valence electrons. The molecular weight excluding hydrogens is 384 g/mol. The van der Waals surface area contributed by atoms with Gasteiger partial charge in [-0.2, -0.15) is 0 Å². The zero-order chi connectivity index (χ0) is 20.9. The summed E-state index contributed by atoms with van der Waals surface area (Å²) in [4.78, 5) is 12.3. The lowest BCUT2D eigenvalue weighted by Crippen LogP contribution is -2.41. The van der Waals surface area contributed by atoms with Crippen molar-refractivity contribution in [2.24, 2.45) is 0 Å². The molecule has 1 heterocycles. The van der Waals surface area contributed by atoms with Gasteiger partial charge in [-0.3, -0.25) is 9.36 Å². The molecule has 0 bridgehead atoms. The number of carbonyl (C=O) groups is 1. The van der Waals surface area contributed by atoms with Crippen LogP contribution in [0.25, 0.3) is 17.1 Å². The van der Waals surface area contributed by atoms with Crippen LogP contribution in [-0.2, 0) is 4.79 Å². The Morgan fingerprint density at radius 3 is 2.38 bits per heavy atom. The van der Waals surface area contributed by atoms with E-state index in [1.165, 1.54) is 11.8 Å². The molecule has 0 aliphatic heterocycles. The van der Waals surface area contributed by atoms with Gasteiger partial charge in [-0.15, -0.1) is 10.2 Å². The monoisotopic (exact) mass is 410 g/mol. The van der Waals surface area contributed by atoms with Crippen LogP contribution in [0, 0.1) is 0 Å². The molecule has 2 aromatic carbocycles. The van der Waals surface area contributed by atoms with Crippen molar-refractivity contribution in [3.63, 3.8) is 0 Å². The molecule has 0 aliphatic rings. The van der Waals surface area contributed by atoms with Crippen LogP contribution in [0.15, 0.2) is 59.8 Å².